The van der Waals surface area contributed by atoms with Crippen LogP contribution >= 0.6 is 11.3 Å². The molecule has 0 spiro atoms. The Morgan fingerprint density at radius 1 is 1.39 bits per heavy atom. The Hall–Kier alpha value is -2.15. The van der Waals surface area contributed by atoms with Gasteiger partial charge in [0.25, 0.3) is 0 Å². The van der Waals surface area contributed by atoms with Gasteiger partial charge < -0.3 is 14.4 Å². The third-order valence-electron chi connectivity index (χ3n) is 3.45. The lowest BCUT2D eigenvalue weighted by Gasteiger charge is -2.17. The number of fused-ring (bicyclic) bond motifs is 1. The molecular weight excluding hydrogens is 316 g/mol. The largest absolute Gasteiger partial charge is 0.478 e. The SMILES string of the molecule is CCn1c(=NC(C)(C)CC(=O)OC)sc2cc(C(=O)O)ccc21. The van der Waals surface area contributed by atoms with E-state index < -0.39 is 11.5 Å². The van der Waals surface area contributed by atoms with Crippen LogP contribution in [0.4, 0.5) is 0 Å². The number of methoxy groups -OCH3 is 1. The summed E-state index contributed by atoms with van der Waals surface area (Å²) >= 11 is 1.42. The number of carbonyl (C=O) groups excluding carboxylic acids is 1. The lowest BCUT2D eigenvalue weighted by atomic mass is 10.0. The van der Waals surface area contributed by atoms with Crippen LogP contribution in [-0.2, 0) is 16.1 Å². The molecule has 1 aromatic carbocycles. The third-order valence-corrected chi connectivity index (χ3v) is 4.49. The molecule has 2 aromatic rings. The molecule has 1 heterocycles. The normalized spacial score (nSPS) is 12.6. The fourth-order valence-corrected chi connectivity index (χ4v) is 3.62. The van der Waals surface area contributed by atoms with Gasteiger partial charge in [0.2, 0.25) is 0 Å². The van der Waals surface area contributed by atoms with E-state index in [2.05, 4.69) is 0 Å². The second kappa shape index (κ2) is 6.54. The van der Waals surface area contributed by atoms with E-state index >= 15 is 0 Å². The van der Waals surface area contributed by atoms with E-state index in [1.54, 1.807) is 18.2 Å². The number of aromatic carboxylic acids is 1. The van der Waals surface area contributed by atoms with Crippen molar-refractivity contribution in [2.24, 2.45) is 4.99 Å². The van der Waals surface area contributed by atoms with Crippen molar-refractivity contribution >= 4 is 33.5 Å². The minimum atomic E-state index is -0.951. The number of esters is 1. The van der Waals surface area contributed by atoms with Crippen LogP contribution in [0.3, 0.4) is 0 Å². The Bertz CT molecular complexity index is 817. The van der Waals surface area contributed by atoms with Crippen molar-refractivity contribution < 1.29 is 19.4 Å². The van der Waals surface area contributed by atoms with E-state index in [1.807, 2.05) is 25.3 Å². The monoisotopic (exact) mass is 336 g/mol. The molecule has 23 heavy (non-hydrogen) atoms. The molecule has 0 bridgehead atoms. The number of benzene rings is 1. The first-order chi connectivity index (χ1) is 10.8. The minimum absolute atomic E-state index is 0.182. The van der Waals surface area contributed by atoms with Gasteiger partial charge in [0, 0.05) is 6.54 Å². The van der Waals surface area contributed by atoms with Crippen LogP contribution in [0.25, 0.3) is 10.2 Å². The summed E-state index contributed by atoms with van der Waals surface area (Å²) in [7, 11) is 1.36. The van der Waals surface area contributed by atoms with E-state index in [0.717, 1.165) is 15.0 Å². The summed E-state index contributed by atoms with van der Waals surface area (Å²) in [5.74, 6) is -1.26. The highest BCUT2D eigenvalue weighted by atomic mass is 32.1. The number of hydrogen-bond acceptors (Lipinski definition) is 5. The van der Waals surface area contributed by atoms with Gasteiger partial charge in [-0.3, -0.25) is 9.79 Å². The molecule has 0 radical (unpaired) electrons. The molecule has 124 valence electrons. The highest BCUT2D eigenvalue weighted by Gasteiger charge is 2.22. The zero-order chi connectivity index (χ0) is 17.2. The third kappa shape index (κ3) is 3.79. The van der Waals surface area contributed by atoms with Gasteiger partial charge in [-0.25, -0.2) is 4.79 Å². The number of aromatic nitrogens is 1. The van der Waals surface area contributed by atoms with Gasteiger partial charge in [-0.1, -0.05) is 11.3 Å². The van der Waals surface area contributed by atoms with E-state index in [0.29, 0.717) is 6.54 Å². The van der Waals surface area contributed by atoms with Crippen molar-refractivity contribution in [3.63, 3.8) is 0 Å². The molecule has 0 aliphatic heterocycles. The van der Waals surface area contributed by atoms with Gasteiger partial charge >= 0.3 is 11.9 Å². The van der Waals surface area contributed by atoms with Crippen LogP contribution in [-0.4, -0.2) is 34.3 Å². The van der Waals surface area contributed by atoms with Crippen LogP contribution in [0.15, 0.2) is 23.2 Å². The number of carboxylic acid groups (broad SMARTS) is 1. The van der Waals surface area contributed by atoms with Gasteiger partial charge in [0.05, 0.1) is 34.8 Å². The minimum Gasteiger partial charge on any atom is -0.478 e. The summed E-state index contributed by atoms with van der Waals surface area (Å²) in [5, 5.41) is 9.11. The molecule has 0 unspecified atom stereocenters. The molecule has 0 amide bonds. The molecule has 1 N–H and O–H groups in total. The molecule has 0 saturated carbocycles. The van der Waals surface area contributed by atoms with Crippen molar-refractivity contribution in [3.05, 3.63) is 28.6 Å². The number of rotatable bonds is 5. The maximum absolute atomic E-state index is 11.5. The lowest BCUT2D eigenvalue weighted by molar-refractivity contribution is -0.141. The molecule has 1 aromatic heterocycles. The number of carboxylic acids is 1. The number of hydrogen-bond donors (Lipinski definition) is 1. The predicted octanol–water partition coefficient (Wildman–Crippen LogP) is 2.66. The molecule has 0 aliphatic rings. The van der Waals surface area contributed by atoms with Crippen molar-refractivity contribution in [1.82, 2.24) is 4.57 Å². The molecule has 0 aliphatic carbocycles. The van der Waals surface area contributed by atoms with E-state index in [9.17, 15) is 9.59 Å². The smallest absolute Gasteiger partial charge is 0.335 e. The number of ether oxygens (including phenoxy) is 1. The molecule has 7 heteroatoms. The van der Waals surface area contributed by atoms with E-state index in [4.69, 9.17) is 14.8 Å². The summed E-state index contributed by atoms with van der Waals surface area (Å²) < 4.78 is 7.59. The number of carbonyl (C=O) groups is 2. The summed E-state index contributed by atoms with van der Waals surface area (Å²) in [6, 6.07) is 5.04. The highest BCUT2D eigenvalue weighted by Crippen LogP contribution is 2.21. The summed E-state index contributed by atoms with van der Waals surface area (Å²) in [6.07, 6.45) is 0.182. The molecule has 0 atom stereocenters. The fourth-order valence-electron chi connectivity index (χ4n) is 2.32. The Morgan fingerprint density at radius 2 is 2.09 bits per heavy atom. The number of aryl methyl sites for hydroxylation is 1. The first kappa shape index (κ1) is 17.2. The summed E-state index contributed by atoms with van der Waals surface area (Å²) in [5.41, 5.74) is 0.595. The second-order valence-electron chi connectivity index (χ2n) is 5.79. The Kier molecular flexibility index (Phi) is 4.89. The standard InChI is InChI=1S/C16H20N2O4S/c1-5-18-11-7-6-10(14(20)21)8-12(11)23-15(18)17-16(2,3)9-13(19)22-4/h6-8H,5,9H2,1-4H3,(H,20,21). The fraction of sp³-hybridized carbons (Fsp3) is 0.438. The predicted molar refractivity (Wildman–Crippen MR) is 88.7 cm³/mol. The summed E-state index contributed by atoms with van der Waals surface area (Å²) in [4.78, 5) is 28.1. The molecule has 2 rings (SSSR count). The van der Waals surface area contributed by atoms with Crippen molar-refractivity contribution in [2.45, 2.75) is 39.3 Å². The average molecular weight is 336 g/mol. The number of thiazole rings is 1. The van der Waals surface area contributed by atoms with Crippen molar-refractivity contribution in [3.8, 4) is 0 Å². The zero-order valence-corrected chi connectivity index (χ0v) is 14.4. The first-order valence-electron chi connectivity index (χ1n) is 7.27. The Morgan fingerprint density at radius 3 is 2.65 bits per heavy atom. The topological polar surface area (TPSA) is 80.9 Å². The number of nitrogens with zero attached hydrogens (tertiary/aromatic N) is 2. The molecular formula is C16H20N2O4S. The second-order valence-corrected chi connectivity index (χ2v) is 6.80. The quantitative estimate of drug-likeness (QED) is 0.851. The van der Waals surface area contributed by atoms with Crippen LogP contribution < -0.4 is 4.80 Å². The van der Waals surface area contributed by atoms with Crippen LogP contribution in [0, 0.1) is 0 Å². The van der Waals surface area contributed by atoms with E-state index in [-0.39, 0.29) is 18.0 Å². The van der Waals surface area contributed by atoms with Gasteiger partial charge in [-0.15, -0.1) is 0 Å². The van der Waals surface area contributed by atoms with Crippen LogP contribution in [0.1, 0.15) is 37.6 Å². The zero-order valence-electron chi connectivity index (χ0n) is 13.6. The maximum Gasteiger partial charge on any atom is 0.335 e. The van der Waals surface area contributed by atoms with Gasteiger partial charge in [0.1, 0.15) is 0 Å². The van der Waals surface area contributed by atoms with Gasteiger partial charge in [-0.05, 0) is 39.0 Å². The van der Waals surface area contributed by atoms with Crippen molar-refractivity contribution in [2.75, 3.05) is 7.11 Å². The molecule has 0 saturated heterocycles. The Labute approximate surface area is 138 Å². The lowest BCUT2D eigenvalue weighted by Crippen LogP contribution is -2.27. The van der Waals surface area contributed by atoms with Crippen molar-refractivity contribution in [1.29, 1.82) is 0 Å². The molecule has 6 nitrogen and oxygen atoms in total. The highest BCUT2D eigenvalue weighted by molar-refractivity contribution is 7.16. The Balaban J connectivity index is 2.57. The van der Waals surface area contributed by atoms with Crippen LogP contribution in [0.5, 0.6) is 0 Å². The van der Waals surface area contributed by atoms with Crippen LogP contribution in [0.2, 0.25) is 0 Å². The van der Waals surface area contributed by atoms with E-state index in [1.165, 1.54) is 18.4 Å². The van der Waals surface area contributed by atoms with Gasteiger partial charge in [0.15, 0.2) is 4.80 Å². The van der Waals surface area contributed by atoms with Gasteiger partial charge in [-0.2, -0.15) is 0 Å². The first-order valence-corrected chi connectivity index (χ1v) is 8.08. The maximum atomic E-state index is 11.5. The summed E-state index contributed by atoms with van der Waals surface area (Å²) in [6.45, 7) is 6.46. The molecule has 0 fully saturated rings. The average Bonchev–Trinajstić information content (AvgIpc) is 2.81.